The molecule has 0 aromatic carbocycles. The van der Waals surface area contributed by atoms with Crippen LogP contribution in [0.4, 0.5) is 0 Å². The van der Waals surface area contributed by atoms with Crippen molar-refractivity contribution in [1.29, 1.82) is 0 Å². The molecule has 1 saturated heterocycles. The average Bonchev–Trinajstić information content (AvgIpc) is 3.02. The molecule has 1 aromatic rings. The first-order chi connectivity index (χ1) is 8.85. The minimum Gasteiger partial charge on any atom is -0.379 e. The second kappa shape index (κ2) is 6.85. The number of unbranched alkanes of at least 4 members (excludes halogenated alkanes) is 1. The van der Waals surface area contributed by atoms with E-state index in [9.17, 15) is 0 Å². The van der Waals surface area contributed by atoms with Gasteiger partial charge in [-0.3, -0.25) is 0 Å². The number of hydrogen-bond donors (Lipinski definition) is 1. The number of ether oxygens (including phenoxy) is 1. The molecule has 102 valence electrons. The van der Waals surface area contributed by atoms with Crippen molar-refractivity contribution in [2.24, 2.45) is 0 Å². The monoisotopic (exact) mass is 253 g/mol. The first kappa shape index (κ1) is 13.5. The van der Waals surface area contributed by atoms with Crippen LogP contribution in [0.5, 0.6) is 0 Å². The van der Waals surface area contributed by atoms with Gasteiger partial charge >= 0.3 is 0 Å². The Labute approximate surface area is 108 Å². The zero-order valence-corrected chi connectivity index (χ0v) is 11.3. The smallest absolute Gasteiger partial charge is 0.233 e. The van der Waals surface area contributed by atoms with Crippen LogP contribution in [0.1, 0.15) is 50.7 Å². The highest BCUT2D eigenvalue weighted by Gasteiger charge is 2.33. The molecule has 5 heteroatoms. The van der Waals surface area contributed by atoms with Crippen molar-refractivity contribution in [1.82, 2.24) is 15.5 Å². The summed E-state index contributed by atoms with van der Waals surface area (Å²) in [7, 11) is 0. The van der Waals surface area contributed by atoms with Crippen LogP contribution in [-0.2, 0) is 11.2 Å². The highest BCUT2D eigenvalue weighted by atomic mass is 16.5. The van der Waals surface area contributed by atoms with E-state index in [1.54, 1.807) is 0 Å². The first-order valence-electron chi connectivity index (χ1n) is 6.98. The quantitative estimate of drug-likeness (QED) is 0.804. The maximum Gasteiger partial charge on any atom is 0.233 e. The Hall–Kier alpha value is -0.940. The Balaban J connectivity index is 1.94. The third-order valence-electron chi connectivity index (χ3n) is 3.29. The van der Waals surface area contributed by atoms with Crippen LogP contribution in [0.15, 0.2) is 4.52 Å². The van der Waals surface area contributed by atoms with Crippen molar-refractivity contribution < 1.29 is 9.26 Å². The summed E-state index contributed by atoms with van der Waals surface area (Å²) in [4.78, 5) is 4.49. The normalized spacial score (nSPS) is 23.7. The van der Waals surface area contributed by atoms with Crippen molar-refractivity contribution in [3.63, 3.8) is 0 Å². The zero-order valence-electron chi connectivity index (χ0n) is 11.3. The molecule has 18 heavy (non-hydrogen) atoms. The molecule has 0 radical (unpaired) electrons. The Kier molecular flexibility index (Phi) is 5.13. The third kappa shape index (κ3) is 3.29. The highest BCUT2D eigenvalue weighted by molar-refractivity contribution is 5.02. The fourth-order valence-electron chi connectivity index (χ4n) is 2.18. The number of aromatic nitrogens is 2. The molecule has 0 amide bonds. The largest absolute Gasteiger partial charge is 0.379 e. The lowest BCUT2D eigenvalue weighted by Gasteiger charge is -2.14. The Morgan fingerprint density at radius 1 is 1.28 bits per heavy atom. The molecule has 1 aromatic heterocycles. The maximum absolute atomic E-state index is 5.52. The van der Waals surface area contributed by atoms with Gasteiger partial charge in [0.1, 0.15) is 0 Å². The molecule has 0 spiro atoms. The molecule has 5 nitrogen and oxygen atoms in total. The second-order valence-corrected chi connectivity index (χ2v) is 4.86. The average molecular weight is 253 g/mol. The van der Waals surface area contributed by atoms with Crippen LogP contribution in [0, 0.1) is 0 Å². The molecule has 1 aliphatic rings. The summed E-state index contributed by atoms with van der Waals surface area (Å²) in [5.41, 5.74) is 0. The molecular formula is C13H23N3O2. The van der Waals surface area contributed by atoms with E-state index >= 15 is 0 Å². The molecule has 2 unspecified atom stereocenters. The minimum atomic E-state index is 0.208. The van der Waals surface area contributed by atoms with Crippen molar-refractivity contribution in [3.8, 4) is 0 Å². The molecule has 1 aliphatic heterocycles. The molecule has 2 heterocycles. The van der Waals surface area contributed by atoms with Crippen LogP contribution in [0.3, 0.4) is 0 Å². The number of nitrogens with zero attached hydrogens (tertiary/aromatic N) is 2. The van der Waals surface area contributed by atoms with Crippen LogP contribution < -0.4 is 5.32 Å². The van der Waals surface area contributed by atoms with E-state index in [0.717, 1.165) is 50.6 Å². The fourth-order valence-corrected chi connectivity index (χ4v) is 2.18. The molecule has 0 aliphatic carbocycles. The summed E-state index contributed by atoms with van der Waals surface area (Å²) >= 11 is 0. The van der Waals surface area contributed by atoms with E-state index in [1.165, 1.54) is 0 Å². The number of rotatable bonds is 7. The summed E-state index contributed by atoms with van der Waals surface area (Å²) in [5, 5.41) is 7.52. The Morgan fingerprint density at radius 2 is 2.17 bits per heavy atom. The van der Waals surface area contributed by atoms with E-state index < -0.39 is 0 Å². The van der Waals surface area contributed by atoms with Crippen molar-refractivity contribution in [2.45, 2.75) is 51.5 Å². The van der Waals surface area contributed by atoms with E-state index in [2.05, 4.69) is 29.3 Å². The minimum absolute atomic E-state index is 0.208. The molecule has 0 saturated carbocycles. The molecule has 0 bridgehead atoms. The van der Waals surface area contributed by atoms with Gasteiger partial charge in [0, 0.05) is 12.5 Å². The molecule has 2 atom stereocenters. The lowest BCUT2D eigenvalue weighted by Crippen LogP contribution is -2.35. The zero-order chi connectivity index (χ0) is 12.8. The van der Waals surface area contributed by atoms with Gasteiger partial charge in [0.25, 0.3) is 0 Å². The van der Waals surface area contributed by atoms with Crippen LogP contribution >= 0.6 is 0 Å². The number of aryl methyl sites for hydroxylation is 1. The second-order valence-electron chi connectivity index (χ2n) is 4.86. The standard InChI is InChI=1S/C13H23N3O2/c1-3-5-6-12-15-13(18-16-12)10-8-17-9-11(10)14-7-4-2/h10-11,14H,3-9H2,1-2H3. The predicted octanol–water partition coefficient (Wildman–Crippen LogP) is 1.89. The van der Waals surface area contributed by atoms with Gasteiger partial charge in [-0.25, -0.2) is 0 Å². The van der Waals surface area contributed by atoms with Gasteiger partial charge in [-0.15, -0.1) is 0 Å². The number of hydrogen-bond acceptors (Lipinski definition) is 5. The summed E-state index contributed by atoms with van der Waals surface area (Å²) in [5.74, 6) is 1.76. The lowest BCUT2D eigenvalue weighted by atomic mass is 10.0. The SMILES string of the molecule is CCCCc1noc(C2COCC2NCCC)n1. The highest BCUT2D eigenvalue weighted by Crippen LogP contribution is 2.24. The summed E-state index contributed by atoms with van der Waals surface area (Å²) in [6.45, 7) is 6.74. The van der Waals surface area contributed by atoms with Gasteiger partial charge in [-0.2, -0.15) is 4.98 Å². The van der Waals surface area contributed by atoms with Crippen LogP contribution in [0.2, 0.25) is 0 Å². The van der Waals surface area contributed by atoms with Crippen LogP contribution in [-0.4, -0.2) is 35.9 Å². The van der Waals surface area contributed by atoms with Crippen molar-refractivity contribution in [2.75, 3.05) is 19.8 Å². The summed E-state index contributed by atoms with van der Waals surface area (Å²) in [6.07, 6.45) is 4.28. The molecular weight excluding hydrogens is 230 g/mol. The van der Waals surface area contributed by atoms with Gasteiger partial charge in [0.05, 0.1) is 19.1 Å². The first-order valence-corrected chi connectivity index (χ1v) is 6.98. The third-order valence-corrected chi connectivity index (χ3v) is 3.29. The van der Waals surface area contributed by atoms with Gasteiger partial charge in [-0.05, 0) is 19.4 Å². The van der Waals surface area contributed by atoms with E-state index in [-0.39, 0.29) is 5.92 Å². The van der Waals surface area contributed by atoms with Crippen molar-refractivity contribution >= 4 is 0 Å². The topological polar surface area (TPSA) is 60.2 Å². The van der Waals surface area contributed by atoms with E-state index in [0.29, 0.717) is 12.6 Å². The Morgan fingerprint density at radius 3 is 2.94 bits per heavy atom. The van der Waals surface area contributed by atoms with E-state index in [1.807, 2.05) is 0 Å². The fraction of sp³-hybridized carbons (Fsp3) is 0.846. The molecule has 1 fully saturated rings. The van der Waals surface area contributed by atoms with Gasteiger partial charge < -0.3 is 14.6 Å². The molecule has 2 rings (SSSR count). The summed E-state index contributed by atoms with van der Waals surface area (Å²) in [6, 6.07) is 0.310. The maximum atomic E-state index is 5.52. The van der Waals surface area contributed by atoms with Crippen LogP contribution in [0.25, 0.3) is 0 Å². The van der Waals surface area contributed by atoms with Gasteiger partial charge in [0.15, 0.2) is 5.82 Å². The Bertz CT molecular complexity index is 354. The van der Waals surface area contributed by atoms with Gasteiger partial charge in [-0.1, -0.05) is 25.4 Å². The molecule has 1 N–H and O–H groups in total. The number of nitrogens with one attached hydrogen (secondary N) is 1. The van der Waals surface area contributed by atoms with E-state index in [4.69, 9.17) is 9.26 Å². The lowest BCUT2D eigenvalue weighted by molar-refractivity contribution is 0.184. The predicted molar refractivity (Wildman–Crippen MR) is 68.6 cm³/mol. The van der Waals surface area contributed by atoms with Crippen molar-refractivity contribution in [3.05, 3.63) is 11.7 Å². The summed E-state index contributed by atoms with van der Waals surface area (Å²) < 4.78 is 10.9. The van der Waals surface area contributed by atoms with Gasteiger partial charge in [0.2, 0.25) is 5.89 Å².